The lowest BCUT2D eigenvalue weighted by Crippen LogP contribution is -2.47. The van der Waals surface area contributed by atoms with E-state index in [9.17, 15) is 13.2 Å². The molecule has 2 aliphatic heterocycles. The number of para-hydroxylation sites is 1. The highest BCUT2D eigenvalue weighted by atomic mass is 32.2. The van der Waals surface area contributed by atoms with Crippen LogP contribution < -0.4 is 4.90 Å². The lowest BCUT2D eigenvalue weighted by atomic mass is 9.96. The number of piperidine rings is 1. The summed E-state index contributed by atoms with van der Waals surface area (Å²) in [5.74, 6) is 0.138. The normalized spacial score (nSPS) is 19.0. The SMILES string of the molecule is Cc1noc(C)c1S(=O)(=O)N1CCC(C(=O)N(CCN2CCOCC2)c2ccccc2)CC1. The van der Waals surface area contributed by atoms with Crippen molar-refractivity contribution in [2.24, 2.45) is 5.92 Å². The highest BCUT2D eigenvalue weighted by molar-refractivity contribution is 7.89. The van der Waals surface area contributed by atoms with E-state index in [0.717, 1.165) is 38.5 Å². The van der Waals surface area contributed by atoms with Crippen LogP contribution in [-0.4, -0.2) is 81.2 Å². The molecule has 1 aromatic carbocycles. The standard InChI is InChI=1S/C23H32N4O5S/c1-18-22(19(2)32-24-18)33(29,30)26-10-8-20(9-11-26)23(28)27(21-6-4-3-5-7-21)13-12-25-14-16-31-17-15-25/h3-7,20H,8-17H2,1-2H3. The Balaban J connectivity index is 1.43. The molecule has 0 spiro atoms. The van der Waals surface area contributed by atoms with Gasteiger partial charge in [-0.05, 0) is 38.8 Å². The van der Waals surface area contributed by atoms with E-state index in [4.69, 9.17) is 9.26 Å². The smallest absolute Gasteiger partial charge is 0.248 e. The minimum Gasteiger partial charge on any atom is -0.379 e. The van der Waals surface area contributed by atoms with Crippen molar-refractivity contribution in [3.05, 3.63) is 41.8 Å². The quantitative estimate of drug-likeness (QED) is 0.603. The van der Waals surface area contributed by atoms with Gasteiger partial charge in [-0.1, -0.05) is 23.4 Å². The summed E-state index contributed by atoms with van der Waals surface area (Å²) in [4.78, 5) is 17.9. The van der Waals surface area contributed by atoms with Gasteiger partial charge in [0.2, 0.25) is 15.9 Å². The summed E-state index contributed by atoms with van der Waals surface area (Å²) >= 11 is 0. The molecular formula is C23H32N4O5S. The highest BCUT2D eigenvalue weighted by Crippen LogP contribution is 2.29. The Bertz CT molecular complexity index is 1020. The van der Waals surface area contributed by atoms with Gasteiger partial charge in [-0.3, -0.25) is 9.69 Å². The lowest BCUT2D eigenvalue weighted by Gasteiger charge is -2.35. The van der Waals surface area contributed by atoms with Gasteiger partial charge in [0.05, 0.1) is 13.2 Å². The summed E-state index contributed by atoms with van der Waals surface area (Å²) in [5, 5.41) is 3.78. The van der Waals surface area contributed by atoms with Gasteiger partial charge in [-0.2, -0.15) is 4.31 Å². The van der Waals surface area contributed by atoms with Crippen LogP contribution in [0.15, 0.2) is 39.8 Å². The lowest BCUT2D eigenvalue weighted by molar-refractivity contribution is -0.123. The van der Waals surface area contributed by atoms with Crippen molar-refractivity contribution >= 4 is 21.6 Å². The Morgan fingerprint density at radius 3 is 2.36 bits per heavy atom. The molecule has 0 N–H and O–H groups in total. The van der Waals surface area contributed by atoms with Gasteiger partial charge in [-0.25, -0.2) is 8.42 Å². The number of benzene rings is 1. The van der Waals surface area contributed by atoms with Gasteiger partial charge < -0.3 is 14.2 Å². The van der Waals surface area contributed by atoms with Gasteiger partial charge in [0.15, 0.2) is 5.76 Å². The zero-order valence-corrected chi connectivity index (χ0v) is 20.1. The summed E-state index contributed by atoms with van der Waals surface area (Å²) in [6, 6.07) is 9.71. The molecule has 0 radical (unpaired) electrons. The van der Waals surface area contributed by atoms with Crippen molar-refractivity contribution in [3.63, 3.8) is 0 Å². The number of aryl methyl sites for hydroxylation is 2. The highest BCUT2D eigenvalue weighted by Gasteiger charge is 2.36. The van der Waals surface area contributed by atoms with E-state index >= 15 is 0 Å². The molecule has 2 fully saturated rings. The summed E-state index contributed by atoms with van der Waals surface area (Å²) in [7, 11) is -3.69. The number of anilines is 1. The summed E-state index contributed by atoms with van der Waals surface area (Å²) in [6.45, 7) is 8.40. The number of hydrogen-bond donors (Lipinski definition) is 0. The van der Waals surface area contributed by atoms with Crippen LogP contribution in [0.4, 0.5) is 5.69 Å². The molecule has 2 aliphatic rings. The molecule has 10 heteroatoms. The number of rotatable bonds is 7. The van der Waals surface area contributed by atoms with Crippen LogP contribution in [0.3, 0.4) is 0 Å². The van der Waals surface area contributed by atoms with Crippen LogP contribution in [0.5, 0.6) is 0 Å². The first-order valence-corrected chi connectivity index (χ1v) is 12.9. The summed E-state index contributed by atoms with van der Waals surface area (Å²) < 4.78 is 38.2. The van der Waals surface area contributed by atoms with Crippen LogP contribution in [0.2, 0.25) is 0 Å². The minimum atomic E-state index is -3.69. The van der Waals surface area contributed by atoms with E-state index in [1.54, 1.807) is 13.8 Å². The van der Waals surface area contributed by atoms with E-state index in [1.165, 1.54) is 4.31 Å². The van der Waals surface area contributed by atoms with E-state index in [2.05, 4.69) is 10.1 Å². The van der Waals surface area contributed by atoms with Crippen molar-refractivity contribution in [1.82, 2.24) is 14.4 Å². The number of hydrogen-bond acceptors (Lipinski definition) is 7. The number of amides is 1. The van der Waals surface area contributed by atoms with Crippen molar-refractivity contribution in [2.45, 2.75) is 31.6 Å². The van der Waals surface area contributed by atoms with Gasteiger partial charge >= 0.3 is 0 Å². The van der Waals surface area contributed by atoms with Crippen LogP contribution in [0.25, 0.3) is 0 Å². The molecule has 1 amide bonds. The van der Waals surface area contributed by atoms with E-state index in [1.807, 2.05) is 35.2 Å². The molecule has 33 heavy (non-hydrogen) atoms. The monoisotopic (exact) mass is 476 g/mol. The maximum Gasteiger partial charge on any atom is 0.248 e. The number of sulfonamides is 1. The molecule has 0 bridgehead atoms. The molecule has 3 heterocycles. The molecule has 4 rings (SSSR count). The Kier molecular flexibility index (Phi) is 7.48. The Morgan fingerprint density at radius 2 is 1.76 bits per heavy atom. The number of morpholine rings is 1. The molecule has 9 nitrogen and oxygen atoms in total. The Morgan fingerprint density at radius 1 is 1.09 bits per heavy atom. The first-order valence-electron chi connectivity index (χ1n) is 11.5. The first-order chi connectivity index (χ1) is 15.9. The van der Waals surface area contributed by atoms with Crippen molar-refractivity contribution in [3.8, 4) is 0 Å². The third kappa shape index (κ3) is 5.29. The summed E-state index contributed by atoms with van der Waals surface area (Å²) in [6.07, 6.45) is 0.977. The largest absolute Gasteiger partial charge is 0.379 e. The van der Waals surface area contributed by atoms with Gasteiger partial charge in [-0.15, -0.1) is 0 Å². The predicted octanol–water partition coefficient (Wildman–Crippen LogP) is 2.06. The maximum atomic E-state index is 13.6. The zero-order chi connectivity index (χ0) is 23.4. The molecule has 2 aromatic rings. The number of aromatic nitrogens is 1. The molecule has 0 aliphatic carbocycles. The fourth-order valence-electron chi connectivity index (χ4n) is 4.58. The predicted molar refractivity (Wildman–Crippen MR) is 124 cm³/mol. The van der Waals surface area contributed by atoms with Gasteiger partial charge in [0.25, 0.3) is 0 Å². The number of ether oxygens (including phenoxy) is 1. The molecule has 0 saturated carbocycles. The number of carbonyl (C=O) groups is 1. The van der Waals surface area contributed by atoms with Crippen LogP contribution in [0.1, 0.15) is 24.3 Å². The van der Waals surface area contributed by atoms with E-state index in [0.29, 0.717) is 43.9 Å². The average molecular weight is 477 g/mol. The van der Waals surface area contributed by atoms with Crippen LogP contribution in [-0.2, 0) is 19.6 Å². The van der Waals surface area contributed by atoms with Crippen molar-refractivity contribution < 1.29 is 22.5 Å². The van der Waals surface area contributed by atoms with Crippen molar-refractivity contribution in [1.29, 1.82) is 0 Å². The van der Waals surface area contributed by atoms with Gasteiger partial charge in [0.1, 0.15) is 10.6 Å². The zero-order valence-electron chi connectivity index (χ0n) is 19.3. The second-order valence-corrected chi connectivity index (χ2v) is 10.5. The third-order valence-electron chi connectivity index (χ3n) is 6.45. The van der Waals surface area contributed by atoms with E-state index < -0.39 is 10.0 Å². The fraction of sp³-hybridized carbons (Fsp3) is 0.565. The summed E-state index contributed by atoms with van der Waals surface area (Å²) in [5.41, 5.74) is 1.24. The number of nitrogens with zero attached hydrogens (tertiary/aromatic N) is 4. The Hall–Kier alpha value is -2.27. The van der Waals surface area contributed by atoms with Crippen LogP contribution in [0, 0.1) is 19.8 Å². The molecule has 1 aromatic heterocycles. The number of carbonyl (C=O) groups excluding carboxylic acids is 1. The molecule has 180 valence electrons. The molecular weight excluding hydrogens is 444 g/mol. The molecule has 0 unspecified atom stereocenters. The van der Waals surface area contributed by atoms with E-state index in [-0.39, 0.29) is 16.7 Å². The topological polar surface area (TPSA) is 96.2 Å². The second kappa shape index (κ2) is 10.3. The fourth-order valence-corrected chi connectivity index (χ4v) is 6.34. The Labute approximate surface area is 195 Å². The maximum absolute atomic E-state index is 13.6. The third-order valence-corrected chi connectivity index (χ3v) is 8.59. The van der Waals surface area contributed by atoms with Gasteiger partial charge in [0, 0.05) is 50.9 Å². The minimum absolute atomic E-state index is 0.0591. The average Bonchev–Trinajstić information content (AvgIpc) is 3.19. The van der Waals surface area contributed by atoms with Crippen LogP contribution >= 0.6 is 0 Å². The molecule has 2 saturated heterocycles. The molecule has 0 atom stereocenters. The second-order valence-electron chi connectivity index (χ2n) is 8.61. The van der Waals surface area contributed by atoms with Crippen molar-refractivity contribution in [2.75, 3.05) is 57.4 Å². The first kappa shape index (κ1) is 23.9.